The van der Waals surface area contributed by atoms with Gasteiger partial charge in [-0.15, -0.1) is 0 Å². The Labute approximate surface area is 103 Å². The SMILES string of the molecule is CC1CCCN(C(=O)CCCCC(=O)O)C1C. The predicted octanol–water partition coefficient (Wildman–Crippen LogP) is 2.28. The molecular weight excluding hydrogens is 218 g/mol. The van der Waals surface area contributed by atoms with Gasteiger partial charge >= 0.3 is 5.97 Å². The normalized spacial score (nSPS) is 24.7. The van der Waals surface area contributed by atoms with Gasteiger partial charge in [0.15, 0.2) is 0 Å². The zero-order valence-electron chi connectivity index (χ0n) is 10.8. The van der Waals surface area contributed by atoms with Crippen molar-refractivity contribution in [3.8, 4) is 0 Å². The molecule has 0 saturated carbocycles. The molecule has 1 amide bonds. The van der Waals surface area contributed by atoms with Crippen LogP contribution in [-0.2, 0) is 9.59 Å². The predicted molar refractivity (Wildman–Crippen MR) is 65.7 cm³/mol. The van der Waals surface area contributed by atoms with E-state index in [2.05, 4.69) is 13.8 Å². The second-order valence-corrected chi connectivity index (χ2v) is 5.05. The number of carboxylic acids is 1. The molecule has 0 aliphatic carbocycles. The number of hydrogen-bond donors (Lipinski definition) is 1. The first-order valence-corrected chi connectivity index (χ1v) is 6.53. The molecule has 1 aliphatic heterocycles. The van der Waals surface area contributed by atoms with Crippen LogP contribution in [0.15, 0.2) is 0 Å². The lowest BCUT2D eigenvalue weighted by atomic mass is 9.91. The van der Waals surface area contributed by atoms with Crippen LogP contribution in [0.3, 0.4) is 0 Å². The molecule has 4 nitrogen and oxygen atoms in total. The number of carboxylic acid groups (broad SMARTS) is 1. The van der Waals surface area contributed by atoms with Gasteiger partial charge in [0, 0.05) is 25.4 Å². The van der Waals surface area contributed by atoms with Gasteiger partial charge in [0.1, 0.15) is 0 Å². The zero-order valence-corrected chi connectivity index (χ0v) is 10.8. The van der Waals surface area contributed by atoms with Crippen LogP contribution in [0.4, 0.5) is 0 Å². The van der Waals surface area contributed by atoms with Crippen molar-refractivity contribution in [2.75, 3.05) is 6.54 Å². The average molecular weight is 241 g/mol. The fraction of sp³-hybridized carbons (Fsp3) is 0.846. The Hall–Kier alpha value is -1.06. The summed E-state index contributed by atoms with van der Waals surface area (Å²) in [5, 5.41) is 8.51. The van der Waals surface area contributed by atoms with E-state index in [0.29, 0.717) is 31.2 Å². The molecule has 0 aromatic carbocycles. The molecule has 2 unspecified atom stereocenters. The highest BCUT2D eigenvalue weighted by Gasteiger charge is 2.27. The maximum absolute atomic E-state index is 12.0. The number of amides is 1. The molecule has 0 aromatic rings. The van der Waals surface area contributed by atoms with Gasteiger partial charge in [0.2, 0.25) is 5.91 Å². The molecule has 0 aromatic heterocycles. The van der Waals surface area contributed by atoms with Gasteiger partial charge in [-0.25, -0.2) is 0 Å². The molecule has 0 spiro atoms. The van der Waals surface area contributed by atoms with Crippen LogP contribution in [0.5, 0.6) is 0 Å². The van der Waals surface area contributed by atoms with E-state index < -0.39 is 5.97 Å². The summed E-state index contributed by atoms with van der Waals surface area (Å²) >= 11 is 0. The van der Waals surface area contributed by atoms with Crippen LogP contribution in [0.25, 0.3) is 0 Å². The minimum atomic E-state index is -0.780. The van der Waals surface area contributed by atoms with E-state index >= 15 is 0 Å². The van der Waals surface area contributed by atoms with Gasteiger partial charge in [-0.05, 0) is 38.5 Å². The Kier molecular flexibility index (Phi) is 5.45. The van der Waals surface area contributed by atoms with Gasteiger partial charge in [-0.1, -0.05) is 6.92 Å². The quantitative estimate of drug-likeness (QED) is 0.751. The summed E-state index contributed by atoms with van der Waals surface area (Å²) in [5.74, 6) is -0.0152. The fourth-order valence-corrected chi connectivity index (χ4v) is 2.38. The van der Waals surface area contributed by atoms with Crippen molar-refractivity contribution in [3.63, 3.8) is 0 Å². The van der Waals surface area contributed by atoms with Crippen molar-refractivity contribution in [1.82, 2.24) is 4.90 Å². The number of hydrogen-bond acceptors (Lipinski definition) is 2. The monoisotopic (exact) mass is 241 g/mol. The van der Waals surface area contributed by atoms with Crippen LogP contribution in [-0.4, -0.2) is 34.5 Å². The van der Waals surface area contributed by atoms with Crippen molar-refractivity contribution < 1.29 is 14.7 Å². The number of unbranched alkanes of at least 4 members (excludes halogenated alkanes) is 1. The van der Waals surface area contributed by atoms with Crippen LogP contribution in [0.1, 0.15) is 52.4 Å². The Bertz CT molecular complexity index is 278. The van der Waals surface area contributed by atoms with E-state index in [-0.39, 0.29) is 12.3 Å². The average Bonchev–Trinajstić information content (AvgIpc) is 2.27. The summed E-state index contributed by atoms with van der Waals surface area (Å²) in [6.45, 7) is 5.16. The van der Waals surface area contributed by atoms with Crippen LogP contribution in [0, 0.1) is 5.92 Å². The molecule has 0 bridgehead atoms. The van der Waals surface area contributed by atoms with Crippen molar-refractivity contribution in [2.45, 2.75) is 58.4 Å². The third-order valence-electron chi connectivity index (χ3n) is 3.73. The molecule has 2 atom stereocenters. The van der Waals surface area contributed by atoms with Crippen molar-refractivity contribution in [1.29, 1.82) is 0 Å². The van der Waals surface area contributed by atoms with Gasteiger partial charge in [0.05, 0.1) is 0 Å². The molecule has 1 saturated heterocycles. The zero-order chi connectivity index (χ0) is 12.8. The van der Waals surface area contributed by atoms with Gasteiger partial charge in [-0.3, -0.25) is 9.59 Å². The number of carbonyl (C=O) groups is 2. The van der Waals surface area contributed by atoms with Crippen LogP contribution >= 0.6 is 0 Å². The number of rotatable bonds is 5. The molecule has 1 aliphatic rings. The molecule has 0 radical (unpaired) electrons. The first kappa shape index (κ1) is 14.0. The number of aliphatic carboxylic acids is 1. The second kappa shape index (κ2) is 6.62. The van der Waals surface area contributed by atoms with Crippen molar-refractivity contribution in [3.05, 3.63) is 0 Å². The summed E-state index contributed by atoms with van der Waals surface area (Å²) < 4.78 is 0. The lowest BCUT2D eigenvalue weighted by Gasteiger charge is -2.38. The topological polar surface area (TPSA) is 57.6 Å². The lowest BCUT2D eigenvalue weighted by molar-refractivity contribution is -0.138. The molecular formula is C13H23NO3. The highest BCUT2D eigenvalue weighted by Crippen LogP contribution is 2.23. The number of piperidine rings is 1. The van der Waals surface area contributed by atoms with E-state index in [0.717, 1.165) is 13.0 Å². The summed E-state index contributed by atoms with van der Waals surface area (Å²) in [4.78, 5) is 24.3. The highest BCUT2D eigenvalue weighted by molar-refractivity contribution is 5.76. The molecule has 4 heteroatoms. The van der Waals surface area contributed by atoms with E-state index in [1.54, 1.807) is 0 Å². The maximum Gasteiger partial charge on any atom is 0.303 e. The van der Waals surface area contributed by atoms with Gasteiger partial charge in [0.25, 0.3) is 0 Å². The van der Waals surface area contributed by atoms with Crippen LogP contribution < -0.4 is 0 Å². The highest BCUT2D eigenvalue weighted by atomic mass is 16.4. The first-order valence-electron chi connectivity index (χ1n) is 6.53. The largest absolute Gasteiger partial charge is 0.481 e. The fourth-order valence-electron chi connectivity index (χ4n) is 2.38. The Morgan fingerprint density at radius 3 is 2.53 bits per heavy atom. The summed E-state index contributed by atoms with van der Waals surface area (Å²) in [5.41, 5.74) is 0. The molecule has 1 N–H and O–H groups in total. The van der Waals surface area contributed by atoms with E-state index in [4.69, 9.17) is 5.11 Å². The molecule has 1 heterocycles. The molecule has 1 fully saturated rings. The molecule has 98 valence electrons. The summed E-state index contributed by atoms with van der Waals surface area (Å²) in [6, 6.07) is 0.329. The van der Waals surface area contributed by atoms with Gasteiger partial charge in [-0.2, -0.15) is 0 Å². The minimum absolute atomic E-state index is 0.166. The third-order valence-corrected chi connectivity index (χ3v) is 3.73. The maximum atomic E-state index is 12.0. The Balaban J connectivity index is 2.29. The Morgan fingerprint density at radius 1 is 1.24 bits per heavy atom. The minimum Gasteiger partial charge on any atom is -0.481 e. The second-order valence-electron chi connectivity index (χ2n) is 5.05. The smallest absolute Gasteiger partial charge is 0.303 e. The summed E-state index contributed by atoms with van der Waals surface area (Å²) in [6.07, 6.45) is 4.22. The van der Waals surface area contributed by atoms with Crippen molar-refractivity contribution >= 4 is 11.9 Å². The molecule has 1 rings (SSSR count). The number of nitrogens with zero attached hydrogens (tertiary/aromatic N) is 1. The molecule has 17 heavy (non-hydrogen) atoms. The number of likely N-dealkylation sites (tertiary alicyclic amines) is 1. The first-order chi connectivity index (χ1) is 8.02. The third kappa shape index (κ3) is 4.36. The van der Waals surface area contributed by atoms with E-state index in [1.807, 2.05) is 4.90 Å². The number of carbonyl (C=O) groups excluding carboxylic acids is 1. The summed E-state index contributed by atoms with van der Waals surface area (Å²) in [7, 11) is 0. The van der Waals surface area contributed by atoms with E-state index in [1.165, 1.54) is 6.42 Å². The van der Waals surface area contributed by atoms with Gasteiger partial charge < -0.3 is 10.0 Å². The lowest BCUT2D eigenvalue weighted by Crippen LogP contribution is -2.45. The van der Waals surface area contributed by atoms with Crippen LogP contribution in [0.2, 0.25) is 0 Å². The van der Waals surface area contributed by atoms with E-state index in [9.17, 15) is 9.59 Å². The Morgan fingerprint density at radius 2 is 1.88 bits per heavy atom. The van der Waals surface area contributed by atoms with Crippen molar-refractivity contribution in [2.24, 2.45) is 5.92 Å². The standard InChI is InChI=1S/C13H23NO3/c1-10-6-5-9-14(11(10)2)12(15)7-3-4-8-13(16)17/h10-11H,3-9H2,1-2H3,(H,16,17).